The smallest absolute Gasteiger partial charge is 0.00826 e. The first kappa shape index (κ1) is 8.52. The zero-order chi connectivity index (χ0) is 8.72. The Morgan fingerprint density at radius 1 is 1.25 bits per heavy atom. The van der Waals surface area contributed by atoms with Crippen molar-refractivity contribution in [2.45, 2.75) is 38.8 Å². The Morgan fingerprint density at radius 2 is 2.00 bits per heavy atom. The number of likely N-dealkylation sites (tertiary alicyclic amines) is 1. The Labute approximate surface area is 75.1 Å². The minimum absolute atomic E-state index is 0.499. The quantitative estimate of drug-likeness (QED) is 0.634. The molecule has 2 heteroatoms. The fraction of sp³-hybridized carbons (Fsp3) is 1.00. The Morgan fingerprint density at radius 3 is 2.58 bits per heavy atom. The molecule has 70 valence electrons. The summed E-state index contributed by atoms with van der Waals surface area (Å²) < 4.78 is 0. The summed E-state index contributed by atoms with van der Waals surface area (Å²) >= 11 is 0. The third-order valence-corrected chi connectivity index (χ3v) is 3.67. The van der Waals surface area contributed by atoms with Crippen LogP contribution in [0.4, 0.5) is 0 Å². The molecular weight excluding hydrogens is 148 g/mol. The number of nitrogens with zero attached hydrogens (tertiary/aromatic N) is 1. The van der Waals surface area contributed by atoms with Crippen LogP contribution in [0.15, 0.2) is 0 Å². The largest absolute Gasteiger partial charge is 0.327 e. The molecule has 0 aromatic heterocycles. The number of hydrogen-bond donors (Lipinski definition) is 1. The summed E-state index contributed by atoms with van der Waals surface area (Å²) in [6.45, 7) is 7.12. The van der Waals surface area contributed by atoms with Gasteiger partial charge in [0.15, 0.2) is 0 Å². The molecular formula is C10H20N2. The van der Waals surface area contributed by atoms with Gasteiger partial charge in [0.05, 0.1) is 0 Å². The van der Waals surface area contributed by atoms with Crippen LogP contribution in [0.2, 0.25) is 0 Å². The molecule has 2 unspecified atom stereocenters. The van der Waals surface area contributed by atoms with Crippen LogP contribution in [-0.2, 0) is 0 Å². The van der Waals surface area contributed by atoms with Gasteiger partial charge in [0.1, 0.15) is 0 Å². The lowest BCUT2D eigenvalue weighted by Gasteiger charge is -2.22. The first-order valence-electron chi connectivity index (χ1n) is 5.18. The van der Waals surface area contributed by atoms with Crippen LogP contribution >= 0.6 is 0 Å². The molecule has 3 atom stereocenters. The highest BCUT2D eigenvalue weighted by Gasteiger charge is 2.41. The highest BCUT2D eigenvalue weighted by Crippen LogP contribution is 2.37. The molecule has 0 aromatic carbocycles. The fourth-order valence-corrected chi connectivity index (χ4v) is 2.76. The fourth-order valence-electron chi connectivity index (χ4n) is 2.76. The summed E-state index contributed by atoms with van der Waals surface area (Å²) in [6, 6.07) is 1.21. The second-order valence-electron chi connectivity index (χ2n) is 4.71. The lowest BCUT2D eigenvalue weighted by molar-refractivity contribution is 0.251. The molecule has 0 bridgehead atoms. The highest BCUT2D eigenvalue weighted by molar-refractivity contribution is 4.96. The lowest BCUT2D eigenvalue weighted by Crippen LogP contribution is -2.33. The van der Waals surface area contributed by atoms with Crippen LogP contribution in [0.3, 0.4) is 0 Å². The molecule has 0 amide bonds. The topological polar surface area (TPSA) is 29.3 Å². The molecule has 1 aliphatic heterocycles. The van der Waals surface area contributed by atoms with Crippen molar-refractivity contribution < 1.29 is 0 Å². The monoisotopic (exact) mass is 168 g/mol. The molecule has 1 saturated carbocycles. The second-order valence-corrected chi connectivity index (χ2v) is 4.71. The molecule has 2 fully saturated rings. The van der Waals surface area contributed by atoms with Gasteiger partial charge in [0.25, 0.3) is 0 Å². The van der Waals surface area contributed by atoms with Crippen molar-refractivity contribution >= 4 is 0 Å². The summed E-state index contributed by atoms with van der Waals surface area (Å²) in [4.78, 5) is 2.58. The summed E-state index contributed by atoms with van der Waals surface area (Å²) in [5.41, 5.74) is 6.06. The average Bonchev–Trinajstić information content (AvgIpc) is 2.53. The van der Waals surface area contributed by atoms with Gasteiger partial charge >= 0.3 is 0 Å². The van der Waals surface area contributed by atoms with Crippen LogP contribution in [0.5, 0.6) is 0 Å². The minimum atomic E-state index is 0.499. The number of fused-ring (bicyclic) bond motifs is 1. The van der Waals surface area contributed by atoms with Crippen LogP contribution in [0.1, 0.15) is 26.7 Å². The maximum absolute atomic E-state index is 6.06. The van der Waals surface area contributed by atoms with Crippen LogP contribution in [0, 0.1) is 11.8 Å². The molecule has 2 N–H and O–H groups in total. The third kappa shape index (κ3) is 1.27. The predicted octanol–water partition coefficient (Wildman–Crippen LogP) is 1.06. The van der Waals surface area contributed by atoms with Crippen LogP contribution < -0.4 is 5.73 Å². The molecule has 0 radical (unpaired) electrons. The Balaban J connectivity index is 1.98. The zero-order valence-corrected chi connectivity index (χ0v) is 8.16. The Kier molecular flexibility index (Phi) is 2.13. The van der Waals surface area contributed by atoms with Crippen molar-refractivity contribution in [3.63, 3.8) is 0 Å². The first-order valence-corrected chi connectivity index (χ1v) is 5.18. The Bertz CT molecular complexity index is 167. The van der Waals surface area contributed by atoms with Gasteiger partial charge in [0.2, 0.25) is 0 Å². The highest BCUT2D eigenvalue weighted by atomic mass is 15.2. The van der Waals surface area contributed by atoms with Crippen molar-refractivity contribution in [3.05, 3.63) is 0 Å². The molecule has 0 spiro atoms. The molecule has 1 heterocycles. The van der Waals surface area contributed by atoms with E-state index in [1.54, 1.807) is 0 Å². The van der Waals surface area contributed by atoms with Crippen molar-refractivity contribution in [2.75, 3.05) is 13.1 Å². The summed E-state index contributed by atoms with van der Waals surface area (Å²) in [7, 11) is 0. The zero-order valence-electron chi connectivity index (χ0n) is 8.16. The molecule has 2 aliphatic rings. The van der Waals surface area contributed by atoms with E-state index in [0.717, 1.165) is 11.8 Å². The minimum Gasteiger partial charge on any atom is -0.327 e. The van der Waals surface area contributed by atoms with Crippen molar-refractivity contribution in [1.82, 2.24) is 4.90 Å². The normalized spacial score (nSPS) is 42.5. The van der Waals surface area contributed by atoms with E-state index < -0.39 is 0 Å². The number of nitrogens with two attached hydrogens (primary N) is 1. The lowest BCUT2D eigenvalue weighted by atomic mass is 9.98. The molecule has 0 aromatic rings. The molecule has 12 heavy (non-hydrogen) atoms. The van der Waals surface area contributed by atoms with E-state index in [9.17, 15) is 0 Å². The SMILES string of the molecule is CC(C)N1CC2CC[C@H](N)C2C1. The van der Waals surface area contributed by atoms with Gasteiger partial charge in [-0.15, -0.1) is 0 Å². The van der Waals surface area contributed by atoms with Crippen LogP contribution in [0.25, 0.3) is 0 Å². The van der Waals surface area contributed by atoms with E-state index in [-0.39, 0.29) is 0 Å². The van der Waals surface area contributed by atoms with Gasteiger partial charge in [-0.2, -0.15) is 0 Å². The standard InChI is InChI=1S/C10H20N2/c1-7(2)12-5-8-3-4-10(11)9(8)6-12/h7-10H,3-6,11H2,1-2H3/t8?,9?,10-/m0/s1. The summed E-state index contributed by atoms with van der Waals surface area (Å²) in [5.74, 6) is 1.73. The Hall–Kier alpha value is -0.0800. The van der Waals surface area contributed by atoms with Crippen molar-refractivity contribution in [2.24, 2.45) is 17.6 Å². The number of rotatable bonds is 1. The van der Waals surface area contributed by atoms with E-state index in [0.29, 0.717) is 12.1 Å². The van der Waals surface area contributed by atoms with Crippen molar-refractivity contribution in [1.29, 1.82) is 0 Å². The third-order valence-electron chi connectivity index (χ3n) is 3.67. The van der Waals surface area contributed by atoms with Gasteiger partial charge in [-0.25, -0.2) is 0 Å². The molecule has 2 nitrogen and oxygen atoms in total. The number of hydrogen-bond acceptors (Lipinski definition) is 2. The maximum Gasteiger partial charge on any atom is 0.00826 e. The predicted molar refractivity (Wildman–Crippen MR) is 50.9 cm³/mol. The maximum atomic E-state index is 6.06. The molecule has 2 rings (SSSR count). The van der Waals surface area contributed by atoms with Gasteiger partial charge in [-0.1, -0.05) is 0 Å². The van der Waals surface area contributed by atoms with Gasteiger partial charge in [-0.3, -0.25) is 0 Å². The van der Waals surface area contributed by atoms with Gasteiger partial charge in [0, 0.05) is 25.2 Å². The summed E-state index contributed by atoms with van der Waals surface area (Å²) in [6.07, 6.45) is 2.64. The summed E-state index contributed by atoms with van der Waals surface area (Å²) in [5, 5.41) is 0. The van der Waals surface area contributed by atoms with Crippen molar-refractivity contribution in [3.8, 4) is 0 Å². The first-order chi connectivity index (χ1) is 5.68. The van der Waals surface area contributed by atoms with E-state index in [1.165, 1.54) is 25.9 Å². The van der Waals surface area contributed by atoms with E-state index in [4.69, 9.17) is 5.73 Å². The van der Waals surface area contributed by atoms with E-state index in [2.05, 4.69) is 18.7 Å². The van der Waals surface area contributed by atoms with Gasteiger partial charge in [-0.05, 0) is 38.5 Å². The average molecular weight is 168 g/mol. The second kappa shape index (κ2) is 3.00. The molecule has 1 saturated heterocycles. The van der Waals surface area contributed by atoms with Gasteiger partial charge < -0.3 is 10.6 Å². The van der Waals surface area contributed by atoms with E-state index >= 15 is 0 Å². The molecule has 1 aliphatic carbocycles. The van der Waals surface area contributed by atoms with E-state index in [1.807, 2.05) is 0 Å². The van der Waals surface area contributed by atoms with Crippen LogP contribution in [-0.4, -0.2) is 30.1 Å².